The minimum atomic E-state index is -0.660. The highest BCUT2D eigenvalue weighted by molar-refractivity contribution is 5.69. The van der Waals surface area contributed by atoms with Crippen molar-refractivity contribution in [3.8, 4) is 5.82 Å². The molecule has 0 atom stereocenters. The number of nitro groups is 1. The summed E-state index contributed by atoms with van der Waals surface area (Å²) in [6, 6.07) is 3.11. The molecule has 0 saturated heterocycles. The van der Waals surface area contributed by atoms with Crippen LogP contribution in [0.25, 0.3) is 5.82 Å². The molecule has 0 radical (unpaired) electrons. The predicted molar refractivity (Wildman–Crippen MR) is 88.3 cm³/mol. The summed E-state index contributed by atoms with van der Waals surface area (Å²) >= 11 is 0. The second-order valence-electron chi connectivity index (χ2n) is 6.22. The summed E-state index contributed by atoms with van der Waals surface area (Å²) in [5, 5.41) is 23.0. The minimum Gasteiger partial charge on any atom is -0.443 e. The fourth-order valence-corrected chi connectivity index (χ4v) is 2.05. The first-order chi connectivity index (χ1) is 11.6. The van der Waals surface area contributed by atoms with Gasteiger partial charge in [0.2, 0.25) is 0 Å². The summed E-state index contributed by atoms with van der Waals surface area (Å²) in [6.07, 6.45) is -0.660. The van der Waals surface area contributed by atoms with Gasteiger partial charge in [0.25, 0.3) is 0 Å². The van der Waals surface area contributed by atoms with E-state index in [4.69, 9.17) is 4.74 Å². The number of hydrazine groups is 1. The van der Waals surface area contributed by atoms with Crippen LogP contribution < -0.4 is 10.9 Å². The van der Waals surface area contributed by atoms with Crippen molar-refractivity contribution < 1.29 is 14.5 Å². The van der Waals surface area contributed by atoms with Crippen molar-refractivity contribution in [2.75, 3.05) is 5.43 Å². The van der Waals surface area contributed by atoms with E-state index >= 15 is 0 Å². The number of carbonyl (C=O) groups excluding carboxylic acids is 1. The predicted octanol–water partition coefficient (Wildman–Crippen LogP) is 2.04. The number of amides is 1. The Hall–Kier alpha value is -3.24. The molecule has 1 amide bonds. The van der Waals surface area contributed by atoms with E-state index in [0.29, 0.717) is 11.5 Å². The molecule has 0 fully saturated rings. The molecule has 2 aromatic rings. The van der Waals surface area contributed by atoms with Gasteiger partial charge in [-0.1, -0.05) is 0 Å². The van der Waals surface area contributed by atoms with Crippen LogP contribution in [0.1, 0.15) is 32.2 Å². The molecule has 2 N–H and O–H groups in total. The standard InChI is InChI=1S/C14H19N7O4/c1-8-12(21(23)24)9(2)20(19-8)11-7-6-10(15-17-11)16-18-13(22)25-14(3,4)5/h6-7H,1-5H3,(H,15,16)(H,18,22). The van der Waals surface area contributed by atoms with Gasteiger partial charge < -0.3 is 4.74 Å². The van der Waals surface area contributed by atoms with Crippen molar-refractivity contribution in [1.29, 1.82) is 0 Å². The lowest BCUT2D eigenvalue weighted by Crippen LogP contribution is -2.36. The Labute approximate surface area is 143 Å². The first kappa shape index (κ1) is 18.1. The van der Waals surface area contributed by atoms with Crippen LogP contribution >= 0.6 is 0 Å². The van der Waals surface area contributed by atoms with E-state index in [-0.39, 0.29) is 17.2 Å². The van der Waals surface area contributed by atoms with E-state index in [0.717, 1.165) is 0 Å². The average molecular weight is 349 g/mol. The number of hydrogen-bond acceptors (Lipinski definition) is 8. The van der Waals surface area contributed by atoms with Crippen molar-refractivity contribution in [2.24, 2.45) is 0 Å². The summed E-state index contributed by atoms with van der Waals surface area (Å²) < 4.78 is 6.41. The first-order valence-corrected chi connectivity index (χ1v) is 7.38. The van der Waals surface area contributed by atoms with Crippen LogP contribution in [-0.2, 0) is 4.74 Å². The van der Waals surface area contributed by atoms with Crippen molar-refractivity contribution in [3.63, 3.8) is 0 Å². The number of aryl methyl sites for hydroxylation is 1. The van der Waals surface area contributed by atoms with E-state index in [2.05, 4.69) is 26.1 Å². The van der Waals surface area contributed by atoms with E-state index in [1.165, 1.54) is 4.68 Å². The van der Waals surface area contributed by atoms with E-state index in [1.807, 2.05) is 0 Å². The fraction of sp³-hybridized carbons (Fsp3) is 0.429. The summed E-state index contributed by atoms with van der Waals surface area (Å²) in [7, 11) is 0. The Morgan fingerprint density at radius 2 is 1.96 bits per heavy atom. The number of nitrogens with one attached hydrogen (secondary N) is 2. The van der Waals surface area contributed by atoms with Gasteiger partial charge in [0.05, 0.1) is 4.92 Å². The molecule has 134 valence electrons. The summed E-state index contributed by atoms with van der Waals surface area (Å²) in [6.45, 7) is 8.37. The zero-order valence-electron chi connectivity index (χ0n) is 14.5. The van der Waals surface area contributed by atoms with Gasteiger partial charge in [-0.25, -0.2) is 14.9 Å². The second kappa shape index (κ2) is 6.71. The van der Waals surface area contributed by atoms with Crippen LogP contribution in [0.3, 0.4) is 0 Å². The fourth-order valence-electron chi connectivity index (χ4n) is 2.05. The van der Waals surface area contributed by atoms with Gasteiger partial charge >= 0.3 is 11.8 Å². The molecule has 0 aliphatic rings. The van der Waals surface area contributed by atoms with Crippen LogP contribution in [0, 0.1) is 24.0 Å². The number of rotatable bonds is 4. The largest absolute Gasteiger partial charge is 0.443 e. The molecule has 0 aliphatic heterocycles. The highest BCUT2D eigenvalue weighted by Crippen LogP contribution is 2.23. The van der Waals surface area contributed by atoms with Crippen molar-refractivity contribution in [3.05, 3.63) is 33.6 Å². The number of ether oxygens (including phenoxy) is 1. The number of aromatic nitrogens is 4. The Morgan fingerprint density at radius 3 is 2.44 bits per heavy atom. The molecule has 2 heterocycles. The van der Waals surface area contributed by atoms with Crippen LogP contribution in [0.15, 0.2) is 12.1 Å². The summed E-state index contributed by atoms with van der Waals surface area (Å²) in [5.74, 6) is 0.585. The second-order valence-corrected chi connectivity index (χ2v) is 6.22. The topological polar surface area (TPSA) is 137 Å². The van der Waals surface area contributed by atoms with Gasteiger partial charge in [-0.2, -0.15) is 5.10 Å². The maximum absolute atomic E-state index is 11.5. The van der Waals surface area contributed by atoms with Gasteiger partial charge in [-0.05, 0) is 46.8 Å². The van der Waals surface area contributed by atoms with Gasteiger partial charge in [0.1, 0.15) is 17.0 Å². The molecule has 0 aromatic carbocycles. The maximum atomic E-state index is 11.5. The molecular weight excluding hydrogens is 330 g/mol. The van der Waals surface area contributed by atoms with Crippen molar-refractivity contribution in [2.45, 2.75) is 40.2 Å². The van der Waals surface area contributed by atoms with Gasteiger partial charge in [0.15, 0.2) is 11.6 Å². The average Bonchev–Trinajstić information content (AvgIpc) is 2.79. The van der Waals surface area contributed by atoms with E-state index in [1.54, 1.807) is 46.8 Å². The van der Waals surface area contributed by atoms with Gasteiger partial charge in [-0.15, -0.1) is 10.2 Å². The minimum absolute atomic E-state index is 0.0596. The number of hydrogen-bond donors (Lipinski definition) is 2. The maximum Gasteiger partial charge on any atom is 0.426 e. The Morgan fingerprint density at radius 1 is 1.28 bits per heavy atom. The zero-order valence-corrected chi connectivity index (χ0v) is 14.5. The molecule has 2 aromatic heterocycles. The zero-order chi connectivity index (χ0) is 18.8. The molecule has 0 unspecified atom stereocenters. The third-order valence-electron chi connectivity index (χ3n) is 2.99. The van der Waals surface area contributed by atoms with Crippen LogP contribution in [0.5, 0.6) is 0 Å². The number of anilines is 1. The van der Waals surface area contributed by atoms with E-state index < -0.39 is 16.6 Å². The Kier molecular flexibility index (Phi) is 4.86. The molecule has 2 rings (SSSR count). The molecule has 11 heteroatoms. The normalized spacial score (nSPS) is 11.1. The van der Waals surface area contributed by atoms with Crippen LogP contribution in [0.4, 0.5) is 16.3 Å². The molecule has 0 aliphatic carbocycles. The molecule has 0 bridgehead atoms. The lowest BCUT2D eigenvalue weighted by atomic mass is 10.2. The third-order valence-corrected chi connectivity index (χ3v) is 2.99. The third kappa shape index (κ3) is 4.40. The first-order valence-electron chi connectivity index (χ1n) is 7.38. The molecule has 11 nitrogen and oxygen atoms in total. The summed E-state index contributed by atoms with van der Waals surface area (Å²) in [4.78, 5) is 22.1. The monoisotopic (exact) mass is 349 g/mol. The van der Waals surface area contributed by atoms with Crippen LogP contribution in [-0.4, -0.2) is 36.6 Å². The van der Waals surface area contributed by atoms with Gasteiger partial charge in [-0.3, -0.25) is 15.5 Å². The molecule has 0 spiro atoms. The van der Waals surface area contributed by atoms with E-state index in [9.17, 15) is 14.9 Å². The highest BCUT2D eigenvalue weighted by Gasteiger charge is 2.23. The molecular formula is C14H19N7O4. The lowest BCUT2D eigenvalue weighted by molar-refractivity contribution is -0.386. The Bertz CT molecular complexity index is 793. The SMILES string of the molecule is Cc1nn(-c2ccc(NNC(=O)OC(C)(C)C)nn2)c(C)c1[N+](=O)[O-]. The number of carbonyl (C=O) groups is 1. The summed E-state index contributed by atoms with van der Waals surface area (Å²) in [5.41, 5.74) is 4.85. The molecule has 25 heavy (non-hydrogen) atoms. The lowest BCUT2D eigenvalue weighted by Gasteiger charge is -2.19. The molecule has 0 saturated carbocycles. The highest BCUT2D eigenvalue weighted by atomic mass is 16.6. The van der Waals surface area contributed by atoms with Gasteiger partial charge in [0, 0.05) is 0 Å². The quantitative estimate of drug-likeness (QED) is 0.632. The van der Waals surface area contributed by atoms with Crippen molar-refractivity contribution >= 4 is 17.6 Å². The smallest absolute Gasteiger partial charge is 0.426 e. The van der Waals surface area contributed by atoms with Crippen molar-refractivity contribution in [1.82, 2.24) is 25.4 Å². The van der Waals surface area contributed by atoms with Crippen LogP contribution in [0.2, 0.25) is 0 Å². The Balaban J connectivity index is 2.09. The number of nitrogens with zero attached hydrogens (tertiary/aromatic N) is 5.